The van der Waals surface area contributed by atoms with Crippen molar-refractivity contribution >= 4 is 16.7 Å². The molecule has 2 aliphatic rings. The molecule has 1 aliphatic carbocycles. The van der Waals surface area contributed by atoms with Crippen LogP contribution in [0.15, 0.2) is 60.7 Å². The number of rotatable bonds is 2. The van der Waals surface area contributed by atoms with Gasteiger partial charge in [-0.15, -0.1) is 0 Å². The maximum atomic E-state index is 13.3. The van der Waals surface area contributed by atoms with Crippen molar-refractivity contribution in [3.8, 4) is 0 Å². The van der Waals surface area contributed by atoms with Crippen LogP contribution in [0.2, 0.25) is 0 Å². The van der Waals surface area contributed by atoms with Crippen LogP contribution in [-0.2, 0) is 12.8 Å². The first kappa shape index (κ1) is 15.6. The Hall–Kier alpha value is -2.65. The van der Waals surface area contributed by atoms with Crippen LogP contribution in [0.5, 0.6) is 0 Å². The number of amides is 1. The second-order valence-corrected chi connectivity index (χ2v) is 7.50. The maximum absolute atomic E-state index is 13.3. The number of benzene rings is 3. The van der Waals surface area contributed by atoms with Gasteiger partial charge in [-0.3, -0.25) is 4.79 Å². The fourth-order valence-corrected chi connectivity index (χ4v) is 4.65. The van der Waals surface area contributed by atoms with E-state index in [4.69, 9.17) is 5.73 Å². The van der Waals surface area contributed by atoms with Gasteiger partial charge in [0, 0.05) is 30.6 Å². The Morgan fingerprint density at radius 3 is 2.46 bits per heavy atom. The SMILES string of the molecule is N[C@@H]1CN(C(=O)c2ccc3c4c(cccc24)CC3)C[C@H]1c1ccccc1. The van der Waals surface area contributed by atoms with E-state index in [9.17, 15) is 4.79 Å². The van der Waals surface area contributed by atoms with Crippen molar-refractivity contribution in [2.24, 2.45) is 5.73 Å². The Kier molecular flexibility index (Phi) is 3.57. The molecule has 2 N–H and O–H groups in total. The number of nitrogens with two attached hydrogens (primary N) is 1. The van der Waals surface area contributed by atoms with Crippen LogP contribution in [0.4, 0.5) is 0 Å². The Bertz CT molecular complexity index is 986. The van der Waals surface area contributed by atoms with E-state index in [1.165, 1.54) is 22.1 Å². The average Bonchev–Trinajstić information content (AvgIpc) is 3.27. The summed E-state index contributed by atoms with van der Waals surface area (Å²) in [7, 11) is 0. The van der Waals surface area contributed by atoms with E-state index in [-0.39, 0.29) is 17.9 Å². The second kappa shape index (κ2) is 5.96. The molecule has 0 saturated carbocycles. The summed E-state index contributed by atoms with van der Waals surface area (Å²) in [6.45, 7) is 1.30. The lowest BCUT2D eigenvalue weighted by molar-refractivity contribution is 0.0791. The fourth-order valence-electron chi connectivity index (χ4n) is 4.65. The zero-order chi connectivity index (χ0) is 17.7. The Balaban J connectivity index is 1.49. The molecule has 130 valence electrons. The van der Waals surface area contributed by atoms with Crippen molar-refractivity contribution in [3.63, 3.8) is 0 Å². The lowest BCUT2D eigenvalue weighted by Gasteiger charge is -2.18. The van der Waals surface area contributed by atoms with E-state index in [1.54, 1.807) is 0 Å². The monoisotopic (exact) mass is 342 g/mol. The lowest BCUT2D eigenvalue weighted by Crippen LogP contribution is -2.32. The predicted molar refractivity (Wildman–Crippen MR) is 104 cm³/mol. The van der Waals surface area contributed by atoms with E-state index >= 15 is 0 Å². The molecule has 26 heavy (non-hydrogen) atoms. The van der Waals surface area contributed by atoms with Crippen molar-refractivity contribution in [1.82, 2.24) is 4.90 Å². The molecule has 0 bridgehead atoms. The number of aryl methyl sites for hydroxylation is 2. The molecule has 5 rings (SSSR count). The molecule has 0 aromatic heterocycles. The molecule has 3 aromatic rings. The smallest absolute Gasteiger partial charge is 0.254 e. The highest BCUT2D eigenvalue weighted by atomic mass is 16.2. The first-order valence-electron chi connectivity index (χ1n) is 9.35. The maximum Gasteiger partial charge on any atom is 0.254 e. The van der Waals surface area contributed by atoms with Gasteiger partial charge in [0.15, 0.2) is 0 Å². The first-order valence-corrected chi connectivity index (χ1v) is 9.35. The number of hydrogen-bond donors (Lipinski definition) is 1. The zero-order valence-corrected chi connectivity index (χ0v) is 14.7. The topological polar surface area (TPSA) is 46.3 Å². The van der Waals surface area contributed by atoms with Gasteiger partial charge in [-0.25, -0.2) is 0 Å². The minimum atomic E-state index is -0.0156. The Labute approximate surface area is 153 Å². The van der Waals surface area contributed by atoms with E-state index in [0.29, 0.717) is 13.1 Å². The third-order valence-electron chi connectivity index (χ3n) is 5.99. The molecule has 0 unspecified atom stereocenters. The summed E-state index contributed by atoms with van der Waals surface area (Å²) >= 11 is 0. The highest BCUT2D eigenvalue weighted by Crippen LogP contribution is 2.34. The molecule has 0 radical (unpaired) electrons. The highest BCUT2D eigenvalue weighted by Gasteiger charge is 2.34. The fraction of sp³-hybridized carbons (Fsp3) is 0.261. The van der Waals surface area contributed by atoms with Crippen molar-refractivity contribution in [2.45, 2.75) is 24.8 Å². The van der Waals surface area contributed by atoms with Crippen LogP contribution in [0.25, 0.3) is 10.8 Å². The Morgan fingerprint density at radius 1 is 0.885 bits per heavy atom. The van der Waals surface area contributed by atoms with Crippen molar-refractivity contribution in [3.05, 3.63) is 82.9 Å². The largest absolute Gasteiger partial charge is 0.336 e. The quantitative estimate of drug-likeness (QED) is 0.775. The summed E-state index contributed by atoms with van der Waals surface area (Å²) in [5.41, 5.74) is 11.2. The van der Waals surface area contributed by atoms with Gasteiger partial charge in [0.2, 0.25) is 0 Å². The normalized spacial score (nSPS) is 21.5. The van der Waals surface area contributed by atoms with Crippen LogP contribution in [-0.4, -0.2) is 29.9 Å². The standard InChI is InChI=1S/C23H22N2O/c24-21-14-25(13-20(21)15-5-2-1-3-6-15)23(26)19-12-11-17-10-9-16-7-4-8-18(19)22(16)17/h1-8,11-12,20-21H,9-10,13-14,24H2/t20-,21+/m0/s1. The number of nitrogens with zero attached hydrogens (tertiary/aromatic N) is 1. The minimum absolute atomic E-state index is 0.0156. The summed E-state index contributed by atoms with van der Waals surface area (Å²) in [6.07, 6.45) is 2.16. The molecular weight excluding hydrogens is 320 g/mol. The molecule has 0 spiro atoms. The molecule has 3 heteroatoms. The molecule has 1 saturated heterocycles. The predicted octanol–water partition coefficient (Wildman–Crippen LogP) is 3.51. The van der Waals surface area contributed by atoms with Crippen LogP contribution >= 0.6 is 0 Å². The number of carbonyl (C=O) groups excluding carboxylic acids is 1. The van der Waals surface area contributed by atoms with E-state index in [0.717, 1.165) is 23.8 Å². The summed E-state index contributed by atoms with van der Waals surface area (Å²) in [6, 6.07) is 20.8. The van der Waals surface area contributed by atoms with Gasteiger partial charge in [0.1, 0.15) is 0 Å². The minimum Gasteiger partial charge on any atom is -0.336 e. The molecule has 1 heterocycles. The molecule has 1 aliphatic heterocycles. The molecule has 3 nitrogen and oxygen atoms in total. The number of carbonyl (C=O) groups is 1. The van der Waals surface area contributed by atoms with Crippen LogP contribution in [0, 0.1) is 0 Å². The van der Waals surface area contributed by atoms with Crippen molar-refractivity contribution in [1.29, 1.82) is 0 Å². The van der Waals surface area contributed by atoms with Gasteiger partial charge in [-0.05, 0) is 46.4 Å². The number of likely N-dealkylation sites (tertiary alicyclic amines) is 1. The lowest BCUT2D eigenvalue weighted by atomic mass is 9.95. The van der Waals surface area contributed by atoms with Gasteiger partial charge >= 0.3 is 0 Å². The van der Waals surface area contributed by atoms with Crippen LogP contribution in [0.1, 0.15) is 33.0 Å². The van der Waals surface area contributed by atoms with Gasteiger partial charge in [0.05, 0.1) is 0 Å². The third kappa shape index (κ3) is 2.35. The molecule has 1 amide bonds. The van der Waals surface area contributed by atoms with Gasteiger partial charge in [0.25, 0.3) is 5.91 Å². The first-order chi connectivity index (χ1) is 12.7. The van der Waals surface area contributed by atoms with E-state index in [2.05, 4.69) is 36.4 Å². The molecule has 3 aromatic carbocycles. The number of hydrogen-bond acceptors (Lipinski definition) is 2. The Morgan fingerprint density at radius 2 is 1.65 bits per heavy atom. The molecule has 1 fully saturated rings. The van der Waals surface area contributed by atoms with Gasteiger partial charge in [-0.2, -0.15) is 0 Å². The molecule has 2 atom stereocenters. The van der Waals surface area contributed by atoms with Gasteiger partial charge in [-0.1, -0.05) is 54.6 Å². The van der Waals surface area contributed by atoms with Crippen LogP contribution in [0.3, 0.4) is 0 Å². The van der Waals surface area contributed by atoms with E-state index in [1.807, 2.05) is 29.2 Å². The molecular formula is C23H22N2O. The average molecular weight is 342 g/mol. The summed E-state index contributed by atoms with van der Waals surface area (Å²) in [5.74, 6) is 0.311. The highest BCUT2D eigenvalue weighted by molar-refractivity contribution is 6.09. The van der Waals surface area contributed by atoms with Crippen molar-refractivity contribution < 1.29 is 4.79 Å². The summed E-state index contributed by atoms with van der Waals surface area (Å²) in [5, 5.41) is 2.39. The summed E-state index contributed by atoms with van der Waals surface area (Å²) in [4.78, 5) is 15.2. The zero-order valence-electron chi connectivity index (χ0n) is 14.7. The van der Waals surface area contributed by atoms with Crippen molar-refractivity contribution in [2.75, 3.05) is 13.1 Å². The summed E-state index contributed by atoms with van der Waals surface area (Å²) < 4.78 is 0. The van der Waals surface area contributed by atoms with Gasteiger partial charge < -0.3 is 10.6 Å². The van der Waals surface area contributed by atoms with E-state index < -0.39 is 0 Å². The van der Waals surface area contributed by atoms with Crippen LogP contribution < -0.4 is 5.73 Å². The second-order valence-electron chi connectivity index (χ2n) is 7.50. The third-order valence-corrected chi connectivity index (χ3v) is 5.99.